The number of hydrazone groups is 1. The number of fused-ring (bicyclic) bond motifs is 2. The van der Waals surface area contributed by atoms with E-state index in [4.69, 9.17) is 11.6 Å². The lowest BCUT2D eigenvalue weighted by atomic mass is 9.97. The van der Waals surface area contributed by atoms with E-state index in [1.54, 1.807) is 18.3 Å². The van der Waals surface area contributed by atoms with E-state index in [1.807, 2.05) is 48.5 Å². The first kappa shape index (κ1) is 20.8. The smallest absolute Gasteiger partial charge is 0.240 e. The van der Waals surface area contributed by atoms with E-state index in [2.05, 4.69) is 28.7 Å². The summed E-state index contributed by atoms with van der Waals surface area (Å²) in [5, 5.41) is 9.11. The van der Waals surface area contributed by atoms with E-state index in [1.165, 1.54) is 0 Å². The van der Waals surface area contributed by atoms with Crippen LogP contribution in [-0.2, 0) is 16.0 Å². The Labute approximate surface area is 185 Å². The fraction of sp³-hybridized carbons (Fsp3) is 0.115. The molecule has 0 saturated heterocycles. The lowest BCUT2D eigenvalue weighted by molar-refractivity contribution is -0.125. The molecule has 5 heteroatoms. The highest BCUT2D eigenvalue weighted by Gasteiger charge is 2.09. The Balaban J connectivity index is 1.41. The molecule has 31 heavy (non-hydrogen) atoms. The molecule has 1 N–H and O–H groups in total. The van der Waals surface area contributed by atoms with Crippen LogP contribution in [0, 0.1) is 0 Å². The molecule has 1 amide bonds. The lowest BCUT2D eigenvalue weighted by Gasteiger charge is -2.08. The number of nitrogens with one attached hydrogen (secondary N) is 1. The van der Waals surface area contributed by atoms with Crippen molar-refractivity contribution in [3.05, 3.63) is 95.0 Å². The molecule has 4 aromatic carbocycles. The van der Waals surface area contributed by atoms with E-state index >= 15 is 0 Å². The number of ketones is 1. The molecule has 4 rings (SSSR count). The van der Waals surface area contributed by atoms with Crippen molar-refractivity contribution in [3.63, 3.8) is 0 Å². The van der Waals surface area contributed by atoms with Crippen LogP contribution in [0.2, 0.25) is 5.02 Å². The maximum absolute atomic E-state index is 12.2. The van der Waals surface area contributed by atoms with Crippen LogP contribution < -0.4 is 5.43 Å². The molecule has 0 saturated carbocycles. The van der Waals surface area contributed by atoms with Crippen molar-refractivity contribution in [2.75, 3.05) is 0 Å². The SMILES string of the molecule is O=C(CCC(=O)N/N=C/c1c2ccccc2cc2ccccc12)Cc1cccc(Cl)c1. The quantitative estimate of drug-likeness (QED) is 0.233. The summed E-state index contributed by atoms with van der Waals surface area (Å²) in [5.74, 6) is -0.304. The summed E-state index contributed by atoms with van der Waals surface area (Å²) >= 11 is 5.94. The van der Waals surface area contributed by atoms with Gasteiger partial charge in [-0.15, -0.1) is 0 Å². The number of nitrogens with zero attached hydrogens (tertiary/aromatic N) is 1. The van der Waals surface area contributed by atoms with Gasteiger partial charge in [-0.3, -0.25) is 9.59 Å². The third kappa shape index (κ3) is 5.16. The van der Waals surface area contributed by atoms with E-state index < -0.39 is 0 Å². The van der Waals surface area contributed by atoms with Gasteiger partial charge in [0.15, 0.2) is 0 Å². The second-order valence-corrected chi connectivity index (χ2v) is 7.81. The van der Waals surface area contributed by atoms with E-state index in [-0.39, 0.29) is 31.0 Å². The van der Waals surface area contributed by atoms with E-state index in [9.17, 15) is 9.59 Å². The van der Waals surface area contributed by atoms with Gasteiger partial charge < -0.3 is 0 Å². The maximum atomic E-state index is 12.2. The average molecular weight is 429 g/mol. The van der Waals surface area contributed by atoms with Gasteiger partial charge in [0.25, 0.3) is 0 Å². The maximum Gasteiger partial charge on any atom is 0.240 e. The minimum absolute atomic E-state index is 0.0126. The lowest BCUT2D eigenvalue weighted by Crippen LogP contribution is -2.19. The molecule has 0 radical (unpaired) electrons. The zero-order chi connectivity index (χ0) is 21.6. The predicted molar refractivity (Wildman–Crippen MR) is 127 cm³/mol. The van der Waals surface area contributed by atoms with E-state index in [0.717, 1.165) is 32.7 Å². The number of hydrogen-bond acceptors (Lipinski definition) is 3. The Kier molecular flexibility index (Phi) is 6.39. The summed E-state index contributed by atoms with van der Waals surface area (Å²) in [6, 6.07) is 25.5. The van der Waals surface area contributed by atoms with Gasteiger partial charge in [-0.05, 0) is 45.3 Å². The largest absolute Gasteiger partial charge is 0.299 e. The number of Topliss-reactive ketones (excluding diaryl/α,β-unsaturated/α-hetero) is 1. The first-order valence-corrected chi connectivity index (χ1v) is 10.5. The number of benzene rings is 4. The fourth-order valence-corrected chi connectivity index (χ4v) is 3.84. The minimum atomic E-state index is -0.291. The summed E-state index contributed by atoms with van der Waals surface area (Å²) in [4.78, 5) is 24.3. The summed E-state index contributed by atoms with van der Waals surface area (Å²) < 4.78 is 0. The molecule has 0 aliphatic carbocycles. The highest BCUT2D eigenvalue weighted by Crippen LogP contribution is 2.27. The van der Waals surface area contributed by atoms with Crippen LogP contribution in [0.25, 0.3) is 21.5 Å². The number of rotatable bonds is 7. The molecule has 0 aliphatic heterocycles. The minimum Gasteiger partial charge on any atom is -0.299 e. The van der Waals surface area contributed by atoms with Crippen LogP contribution in [0.3, 0.4) is 0 Å². The molecule has 154 valence electrons. The van der Waals surface area contributed by atoms with Crippen molar-refractivity contribution in [1.29, 1.82) is 0 Å². The molecular formula is C26H21ClN2O2. The third-order valence-corrected chi connectivity index (χ3v) is 5.35. The number of amides is 1. The molecule has 0 aliphatic rings. The Morgan fingerprint density at radius 3 is 2.19 bits per heavy atom. The Hall–Kier alpha value is -3.50. The van der Waals surface area contributed by atoms with Crippen LogP contribution in [0.4, 0.5) is 0 Å². The van der Waals surface area contributed by atoms with Gasteiger partial charge in [0.05, 0.1) is 6.21 Å². The van der Waals surface area contributed by atoms with Gasteiger partial charge in [-0.2, -0.15) is 5.10 Å². The van der Waals surface area contributed by atoms with Crippen molar-refractivity contribution in [3.8, 4) is 0 Å². The summed E-state index contributed by atoms with van der Waals surface area (Å²) in [6.45, 7) is 0. The molecule has 0 unspecified atom stereocenters. The van der Waals surface area contributed by atoms with Crippen molar-refractivity contribution >= 4 is 51.1 Å². The van der Waals surface area contributed by atoms with Gasteiger partial charge in [-0.25, -0.2) is 5.43 Å². The van der Waals surface area contributed by atoms with Crippen molar-refractivity contribution in [1.82, 2.24) is 5.43 Å². The normalized spacial score (nSPS) is 11.3. The number of hydrogen-bond donors (Lipinski definition) is 1. The number of halogens is 1. The van der Waals surface area contributed by atoms with Crippen LogP contribution in [0.15, 0.2) is 84.0 Å². The molecule has 0 fully saturated rings. The Morgan fingerprint density at radius 1 is 0.839 bits per heavy atom. The average Bonchev–Trinajstić information content (AvgIpc) is 2.77. The molecule has 0 atom stereocenters. The van der Waals surface area contributed by atoms with Gasteiger partial charge in [0.2, 0.25) is 5.91 Å². The molecule has 0 aromatic heterocycles. The van der Waals surface area contributed by atoms with Crippen LogP contribution in [0.1, 0.15) is 24.0 Å². The topological polar surface area (TPSA) is 58.5 Å². The zero-order valence-corrected chi connectivity index (χ0v) is 17.6. The van der Waals surface area contributed by atoms with Crippen LogP contribution in [0.5, 0.6) is 0 Å². The van der Waals surface area contributed by atoms with Crippen molar-refractivity contribution in [2.24, 2.45) is 5.10 Å². The Morgan fingerprint density at radius 2 is 1.52 bits per heavy atom. The summed E-state index contributed by atoms with van der Waals surface area (Å²) in [6.07, 6.45) is 2.19. The number of carbonyl (C=O) groups is 2. The highest BCUT2D eigenvalue weighted by molar-refractivity contribution is 6.30. The first-order chi connectivity index (χ1) is 15.1. The van der Waals surface area contributed by atoms with Crippen LogP contribution >= 0.6 is 11.6 Å². The molecule has 0 bridgehead atoms. The van der Waals surface area contributed by atoms with Gasteiger partial charge in [0.1, 0.15) is 5.78 Å². The molecular weight excluding hydrogens is 408 g/mol. The van der Waals surface area contributed by atoms with Gasteiger partial charge >= 0.3 is 0 Å². The fourth-order valence-electron chi connectivity index (χ4n) is 3.63. The predicted octanol–water partition coefficient (Wildman–Crippen LogP) is 5.69. The van der Waals surface area contributed by atoms with Gasteiger partial charge in [-0.1, -0.05) is 72.3 Å². The molecule has 4 nitrogen and oxygen atoms in total. The number of carbonyl (C=O) groups excluding carboxylic acids is 2. The Bertz CT molecular complexity index is 1240. The molecule has 4 aromatic rings. The van der Waals surface area contributed by atoms with Crippen LogP contribution in [-0.4, -0.2) is 17.9 Å². The second-order valence-electron chi connectivity index (χ2n) is 7.37. The standard InChI is InChI=1S/C26H21ClN2O2/c27-21-9-5-6-18(14-21)15-22(30)12-13-26(31)29-28-17-25-23-10-3-1-7-19(23)16-20-8-2-4-11-24(20)25/h1-11,14,16-17H,12-13,15H2,(H,29,31)/b28-17+. The first-order valence-electron chi connectivity index (χ1n) is 10.1. The van der Waals surface area contributed by atoms with E-state index in [0.29, 0.717) is 5.02 Å². The van der Waals surface area contributed by atoms with Crippen molar-refractivity contribution in [2.45, 2.75) is 19.3 Å². The summed E-state index contributed by atoms with van der Waals surface area (Å²) in [5.41, 5.74) is 4.34. The summed E-state index contributed by atoms with van der Waals surface area (Å²) in [7, 11) is 0. The second kappa shape index (κ2) is 9.54. The third-order valence-electron chi connectivity index (χ3n) is 5.12. The zero-order valence-electron chi connectivity index (χ0n) is 16.8. The molecule has 0 spiro atoms. The monoisotopic (exact) mass is 428 g/mol. The molecule has 0 heterocycles. The highest BCUT2D eigenvalue weighted by atomic mass is 35.5. The van der Waals surface area contributed by atoms with Gasteiger partial charge in [0, 0.05) is 29.8 Å². The van der Waals surface area contributed by atoms with Crippen molar-refractivity contribution < 1.29 is 9.59 Å².